The first kappa shape index (κ1) is 31.4. The lowest BCUT2D eigenvalue weighted by molar-refractivity contribution is -0.142. The first-order valence-corrected chi connectivity index (χ1v) is 12.7. The minimum Gasteiger partial charge on any atom is -0.444 e. The summed E-state index contributed by atoms with van der Waals surface area (Å²) in [6.45, 7) is 9.09. The van der Waals surface area contributed by atoms with Crippen LogP contribution in [-0.4, -0.2) is 53.4 Å². The van der Waals surface area contributed by atoms with Gasteiger partial charge in [0.2, 0.25) is 17.7 Å². The Bertz CT molecular complexity index is 949. The maximum Gasteiger partial charge on any atom is 0.408 e. The molecule has 1 aromatic carbocycles. The minimum absolute atomic E-state index is 0.116. The molecule has 10 heteroatoms. The number of hydrogen-bond acceptors (Lipinski definition) is 6. The number of amides is 4. The summed E-state index contributed by atoms with van der Waals surface area (Å²) in [7, 11) is 0. The van der Waals surface area contributed by atoms with Gasteiger partial charge in [-0.15, -0.1) is 0 Å². The van der Waals surface area contributed by atoms with Crippen LogP contribution >= 0.6 is 0 Å². The van der Waals surface area contributed by atoms with Crippen molar-refractivity contribution in [2.45, 2.75) is 90.8 Å². The van der Waals surface area contributed by atoms with E-state index in [1.165, 1.54) is 0 Å². The van der Waals surface area contributed by atoms with Crippen molar-refractivity contribution >= 4 is 23.8 Å². The van der Waals surface area contributed by atoms with E-state index in [0.717, 1.165) is 36.1 Å². The predicted octanol–water partition coefficient (Wildman–Crippen LogP) is 3.11. The third-order valence-electron chi connectivity index (χ3n) is 5.54. The Balaban J connectivity index is 3.39. The number of rotatable bonds is 14. The molecule has 0 radical (unpaired) electrons. The molecule has 0 heterocycles. The molecule has 2 unspecified atom stereocenters. The van der Waals surface area contributed by atoms with Gasteiger partial charge in [0.05, 0.1) is 6.07 Å². The number of hydrogen-bond donors (Lipinski definition) is 3. The van der Waals surface area contributed by atoms with Crippen molar-refractivity contribution in [1.82, 2.24) is 15.5 Å². The van der Waals surface area contributed by atoms with Gasteiger partial charge in [0.15, 0.2) is 0 Å². The molecule has 0 aliphatic heterocycles. The van der Waals surface area contributed by atoms with Crippen LogP contribution in [0.15, 0.2) is 24.3 Å². The summed E-state index contributed by atoms with van der Waals surface area (Å²) < 4.78 is 5.28. The highest BCUT2D eigenvalue weighted by molar-refractivity contribution is 5.92. The van der Waals surface area contributed by atoms with Gasteiger partial charge in [0.25, 0.3) is 0 Å². The van der Waals surface area contributed by atoms with E-state index in [-0.39, 0.29) is 12.8 Å². The highest BCUT2D eigenvalue weighted by Gasteiger charge is 2.36. The van der Waals surface area contributed by atoms with Crippen LogP contribution in [0.2, 0.25) is 0 Å². The largest absolute Gasteiger partial charge is 0.444 e. The number of alkyl carbamates (subject to hydrolysis) is 1. The average molecular weight is 516 g/mol. The molecule has 0 bridgehead atoms. The van der Waals surface area contributed by atoms with Crippen molar-refractivity contribution in [1.29, 1.82) is 5.26 Å². The molecule has 204 valence electrons. The molecular weight excluding hydrogens is 474 g/mol. The van der Waals surface area contributed by atoms with E-state index in [4.69, 9.17) is 10.5 Å². The Kier molecular flexibility index (Phi) is 13.2. The van der Waals surface area contributed by atoms with Gasteiger partial charge in [-0.2, -0.15) is 5.26 Å². The Labute approximate surface area is 219 Å². The molecule has 37 heavy (non-hydrogen) atoms. The van der Waals surface area contributed by atoms with Gasteiger partial charge in [0, 0.05) is 13.0 Å². The first-order chi connectivity index (χ1) is 17.4. The fourth-order valence-corrected chi connectivity index (χ4v) is 3.66. The number of nitriles is 1. The predicted molar refractivity (Wildman–Crippen MR) is 140 cm³/mol. The number of aryl methyl sites for hydroxylation is 1. The molecule has 0 fully saturated rings. The summed E-state index contributed by atoms with van der Waals surface area (Å²) in [6, 6.07) is 6.85. The molecule has 0 saturated heterocycles. The highest BCUT2D eigenvalue weighted by Crippen LogP contribution is 2.24. The van der Waals surface area contributed by atoms with Gasteiger partial charge < -0.3 is 26.0 Å². The van der Waals surface area contributed by atoms with Crippen LogP contribution in [0, 0.1) is 11.3 Å². The monoisotopic (exact) mass is 515 g/mol. The molecule has 4 amide bonds. The molecule has 0 aliphatic rings. The van der Waals surface area contributed by atoms with Crippen molar-refractivity contribution in [3.63, 3.8) is 0 Å². The van der Waals surface area contributed by atoms with E-state index in [9.17, 15) is 24.4 Å². The molecule has 4 N–H and O–H groups in total. The fraction of sp³-hybridized carbons (Fsp3) is 0.593. The maximum atomic E-state index is 13.7. The van der Waals surface area contributed by atoms with Crippen molar-refractivity contribution in [3.8, 4) is 6.07 Å². The zero-order chi connectivity index (χ0) is 28.0. The zero-order valence-electron chi connectivity index (χ0n) is 22.6. The summed E-state index contributed by atoms with van der Waals surface area (Å²) in [5.41, 5.74) is 6.04. The summed E-state index contributed by atoms with van der Waals surface area (Å²) in [5, 5.41) is 14.9. The molecule has 2 atom stereocenters. The van der Waals surface area contributed by atoms with Crippen molar-refractivity contribution in [2.24, 2.45) is 5.73 Å². The van der Waals surface area contributed by atoms with Gasteiger partial charge in [-0.3, -0.25) is 14.4 Å². The standard InChI is InChI=1S/C27H41N5O5/c1-6-8-9-17-30-24(34)23(20-12-10-19(7-2)11-13-20)32(18-16-28)25(35)21(14-15-22(29)33)31-26(36)37-27(3,4)5/h10-13,21,23H,6-9,14-15,17-18H2,1-5H3,(H2,29,33)(H,30,34)(H,31,36). The maximum absolute atomic E-state index is 13.7. The summed E-state index contributed by atoms with van der Waals surface area (Å²) in [6.07, 6.45) is 2.32. The molecule has 1 aromatic rings. The Hall–Kier alpha value is -3.61. The Morgan fingerprint density at radius 2 is 1.76 bits per heavy atom. The van der Waals surface area contributed by atoms with E-state index in [2.05, 4.69) is 17.6 Å². The zero-order valence-corrected chi connectivity index (χ0v) is 22.6. The van der Waals surface area contributed by atoms with Crippen LogP contribution in [0.25, 0.3) is 0 Å². The van der Waals surface area contributed by atoms with Crippen LogP contribution in [0.3, 0.4) is 0 Å². The molecule has 0 aliphatic carbocycles. The topological polar surface area (TPSA) is 155 Å². The number of benzene rings is 1. The molecular formula is C27H41N5O5. The van der Waals surface area contributed by atoms with Crippen LogP contribution < -0.4 is 16.4 Å². The van der Waals surface area contributed by atoms with Crippen LogP contribution in [0.5, 0.6) is 0 Å². The van der Waals surface area contributed by atoms with Crippen LogP contribution in [-0.2, 0) is 25.5 Å². The minimum atomic E-state index is -1.24. The second kappa shape index (κ2) is 15.5. The summed E-state index contributed by atoms with van der Waals surface area (Å²) in [4.78, 5) is 52.2. The second-order valence-electron chi connectivity index (χ2n) is 9.82. The van der Waals surface area contributed by atoms with Gasteiger partial charge in [0.1, 0.15) is 24.2 Å². The lowest BCUT2D eigenvalue weighted by Crippen LogP contribution is -2.53. The number of ether oxygens (including phenoxy) is 1. The number of nitrogens with one attached hydrogen (secondary N) is 2. The molecule has 0 spiro atoms. The number of primary amides is 1. The van der Waals surface area contributed by atoms with E-state index in [0.29, 0.717) is 12.1 Å². The third-order valence-corrected chi connectivity index (χ3v) is 5.54. The Morgan fingerprint density at radius 1 is 1.11 bits per heavy atom. The van der Waals surface area contributed by atoms with E-state index >= 15 is 0 Å². The van der Waals surface area contributed by atoms with Crippen LogP contribution in [0.1, 0.15) is 83.9 Å². The van der Waals surface area contributed by atoms with Gasteiger partial charge in [-0.25, -0.2) is 4.79 Å². The number of carbonyl (C=O) groups excluding carboxylic acids is 4. The second-order valence-corrected chi connectivity index (χ2v) is 9.82. The van der Waals surface area contributed by atoms with Gasteiger partial charge in [-0.05, 0) is 51.2 Å². The summed E-state index contributed by atoms with van der Waals surface area (Å²) in [5.74, 6) is -1.78. The average Bonchev–Trinajstić information content (AvgIpc) is 2.82. The molecule has 10 nitrogen and oxygen atoms in total. The number of carbonyl (C=O) groups is 4. The molecule has 1 rings (SSSR count). The lowest BCUT2D eigenvalue weighted by atomic mass is 9.99. The lowest BCUT2D eigenvalue weighted by Gasteiger charge is -2.33. The first-order valence-electron chi connectivity index (χ1n) is 12.7. The van der Waals surface area contributed by atoms with E-state index in [1.807, 2.05) is 25.1 Å². The number of unbranched alkanes of at least 4 members (excludes halogenated alkanes) is 2. The van der Waals surface area contributed by atoms with E-state index in [1.54, 1.807) is 32.9 Å². The quantitative estimate of drug-likeness (QED) is 0.255. The van der Waals surface area contributed by atoms with Crippen LogP contribution in [0.4, 0.5) is 4.79 Å². The van der Waals surface area contributed by atoms with Gasteiger partial charge in [-0.1, -0.05) is 51.0 Å². The molecule has 0 saturated carbocycles. The van der Waals surface area contributed by atoms with E-state index < -0.39 is 48.0 Å². The fourth-order valence-electron chi connectivity index (χ4n) is 3.66. The smallest absolute Gasteiger partial charge is 0.408 e. The highest BCUT2D eigenvalue weighted by atomic mass is 16.6. The summed E-state index contributed by atoms with van der Waals surface area (Å²) >= 11 is 0. The van der Waals surface area contributed by atoms with Crippen molar-refractivity contribution in [2.75, 3.05) is 13.1 Å². The SMILES string of the molecule is CCCCCNC(=O)C(c1ccc(CC)cc1)N(CC#N)C(=O)C(CCC(N)=O)NC(=O)OC(C)(C)C. The van der Waals surface area contributed by atoms with Gasteiger partial charge >= 0.3 is 6.09 Å². The molecule has 0 aromatic heterocycles. The Morgan fingerprint density at radius 3 is 2.27 bits per heavy atom. The third kappa shape index (κ3) is 11.3. The number of nitrogens with two attached hydrogens (primary N) is 1. The van der Waals surface area contributed by atoms with Crippen molar-refractivity contribution < 1.29 is 23.9 Å². The van der Waals surface area contributed by atoms with Crippen molar-refractivity contribution in [3.05, 3.63) is 35.4 Å². The normalized spacial score (nSPS) is 12.5. The number of nitrogens with zero attached hydrogens (tertiary/aromatic N) is 2.